The van der Waals surface area contributed by atoms with E-state index in [1.165, 1.54) is 23.4 Å². The first kappa shape index (κ1) is 12.4. The minimum Gasteiger partial charge on any atom is -0.378 e. The Bertz CT molecular complexity index is 600. The SMILES string of the molecule is CC1=Nc2cc3c(cc2NC(C)(C)C1)C1CNCC3C1. The molecule has 2 N–H and O–H groups in total. The highest BCUT2D eigenvalue weighted by Crippen LogP contribution is 2.48. The third-order valence-electron chi connectivity index (χ3n) is 4.91. The summed E-state index contributed by atoms with van der Waals surface area (Å²) in [6.07, 6.45) is 2.32. The monoisotopic (exact) mass is 269 g/mol. The van der Waals surface area contributed by atoms with Crippen LogP contribution in [0.4, 0.5) is 11.4 Å². The second kappa shape index (κ2) is 4.08. The standard InChI is InChI=1S/C17H23N3/c1-10-7-17(2,3)20-16-6-14-12-4-11(8-18-9-12)13(14)5-15(16)19-10/h5-6,11-12,18,20H,4,7-9H2,1-3H3. The summed E-state index contributed by atoms with van der Waals surface area (Å²) in [5.74, 6) is 1.40. The zero-order valence-corrected chi connectivity index (χ0v) is 12.6. The van der Waals surface area contributed by atoms with Gasteiger partial charge in [-0.05, 0) is 62.3 Å². The van der Waals surface area contributed by atoms with Crippen LogP contribution in [0.25, 0.3) is 0 Å². The summed E-state index contributed by atoms with van der Waals surface area (Å²) in [6.45, 7) is 8.92. The van der Waals surface area contributed by atoms with Gasteiger partial charge in [0.15, 0.2) is 0 Å². The van der Waals surface area contributed by atoms with Crippen molar-refractivity contribution in [2.75, 3.05) is 18.4 Å². The molecule has 106 valence electrons. The van der Waals surface area contributed by atoms with Crippen molar-refractivity contribution >= 4 is 17.1 Å². The maximum Gasteiger partial charge on any atom is 0.0863 e. The summed E-state index contributed by atoms with van der Waals surface area (Å²) in [6, 6.07) is 4.73. The summed E-state index contributed by atoms with van der Waals surface area (Å²) in [5, 5.41) is 7.27. The first-order valence-electron chi connectivity index (χ1n) is 7.73. The van der Waals surface area contributed by atoms with E-state index >= 15 is 0 Å². The number of benzene rings is 1. The molecule has 4 rings (SSSR count). The fourth-order valence-electron chi connectivity index (χ4n) is 4.23. The molecule has 2 aliphatic heterocycles. The van der Waals surface area contributed by atoms with Gasteiger partial charge in [0.2, 0.25) is 0 Å². The number of rotatable bonds is 0. The molecule has 1 fully saturated rings. The number of nitrogens with zero attached hydrogens (tertiary/aromatic N) is 1. The number of hydrogen-bond acceptors (Lipinski definition) is 3. The fraction of sp³-hybridized carbons (Fsp3) is 0.588. The van der Waals surface area contributed by atoms with Crippen molar-refractivity contribution < 1.29 is 0 Å². The van der Waals surface area contributed by atoms with Crippen LogP contribution >= 0.6 is 0 Å². The number of fused-ring (bicyclic) bond motifs is 6. The first-order chi connectivity index (χ1) is 9.52. The maximum atomic E-state index is 4.86. The molecule has 0 saturated carbocycles. The van der Waals surface area contributed by atoms with Crippen LogP contribution in [0.15, 0.2) is 17.1 Å². The molecule has 2 atom stereocenters. The quantitative estimate of drug-likeness (QED) is 0.755. The number of anilines is 1. The number of piperidine rings is 1. The van der Waals surface area contributed by atoms with Gasteiger partial charge in [-0.1, -0.05) is 0 Å². The van der Waals surface area contributed by atoms with Crippen LogP contribution in [-0.4, -0.2) is 24.3 Å². The minimum atomic E-state index is 0.0823. The molecule has 0 spiro atoms. The second-order valence-electron chi connectivity index (χ2n) is 7.32. The lowest BCUT2D eigenvalue weighted by atomic mass is 9.96. The van der Waals surface area contributed by atoms with Crippen LogP contribution in [0.5, 0.6) is 0 Å². The van der Waals surface area contributed by atoms with Gasteiger partial charge in [-0.15, -0.1) is 0 Å². The van der Waals surface area contributed by atoms with E-state index in [9.17, 15) is 0 Å². The Kier molecular flexibility index (Phi) is 2.53. The Morgan fingerprint density at radius 1 is 1.15 bits per heavy atom. The highest BCUT2D eigenvalue weighted by Gasteiger charge is 2.35. The summed E-state index contributed by atoms with van der Waals surface area (Å²) in [7, 11) is 0. The van der Waals surface area contributed by atoms with Gasteiger partial charge in [-0.3, -0.25) is 4.99 Å². The fourth-order valence-corrected chi connectivity index (χ4v) is 4.23. The smallest absolute Gasteiger partial charge is 0.0863 e. The van der Waals surface area contributed by atoms with Crippen molar-refractivity contribution in [3.05, 3.63) is 23.3 Å². The number of aliphatic imine (C=N–C) groups is 1. The lowest BCUT2D eigenvalue weighted by molar-refractivity contribution is 0.454. The van der Waals surface area contributed by atoms with E-state index in [4.69, 9.17) is 4.99 Å². The van der Waals surface area contributed by atoms with E-state index in [1.807, 2.05) is 0 Å². The molecule has 0 amide bonds. The maximum absolute atomic E-state index is 4.86. The Balaban J connectivity index is 1.86. The van der Waals surface area contributed by atoms with Gasteiger partial charge in [0.1, 0.15) is 0 Å². The highest BCUT2D eigenvalue weighted by molar-refractivity contribution is 5.90. The van der Waals surface area contributed by atoms with Crippen LogP contribution in [0.3, 0.4) is 0 Å². The predicted molar refractivity (Wildman–Crippen MR) is 84.5 cm³/mol. The van der Waals surface area contributed by atoms with E-state index in [2.05, 4.69) is 43.5 Å². The van der Waals surface area contributed by atoms with Gasteiger partial charge in [0, 0.05) is 30.8 Å². The molecule has 20 heavy (non-hydrogen) atoms. The molecule has 3 heteroatoms. The van der Waals surface area contributed by atoms with Crippen LogP contribution in [0.1, 0.15) is 56.6 Å². The van der Waals surface area contributed by atoms with Crippen molar-refractivity contribution in [2.24, 2.45) is 4.99 Å². The Hall–Kier alpha value is -1.35. The lowest BCUT2D eigenvalue weighted by Crippen LogP contribution is -2.32. The normalized spacial score (nSPS) is 29.9. The van der Waals surface area contributed by atoms with Gasteiger partial charge in [0.25, 0.3) is 0 Å². The van der Waals surface area contributed by atoms with Crippen molar-refractivity contribution in [2.45, 2.75) is 51.0 Å². The average Bonchev–Trinajstić information content (AvgIpc) is 2.53. The Morgan fingerprint density at radius 3 is 2.60 bits per heavy atom. The number of hydrogen-bond donors (Lipinski definition) is 2. The molecule has 1 aromatic carbocycles. The zero-order valence-electron chi connectivity index (χ0n) is 12.6. The summed E-state index contributed by atoms with van der Waals surface area (Å²) in [5.41, 5.74) is 6.75. The van der Waals surface area contributed by atoms with Gasteiger partial charge in [-0.25, -0.2) is 0 Å². The molecule has 0 radical (unpaired) electrons. The minimum absolute atomic E-state index is 0.0823. The Morgan fingerprint density at radius 2 is 1.85 bits per heavy atom. The highest BCUT2D eigenvalue weighted by atomic mass is 15.0. The van der Waals surface area contributed by atoms with Crippen molar-refractivity contribution in [1.29, 1.82) is 0 Å². The summed E-state index contributed by atoms with van der Waals surface area (Å²) >= 11 is 0. The molecule has 3 aliphatic rings. The average molecular weight is 269 g/mol. The molecule has 0 aromatic heterocycles. The van der Waals surface area contributed by atoms with E-state index < -0.39 is 0 Å². The van der Waals surface area contributed by atoms with E-state index in [0.29, 0.717) is 11.8 Å². The third kappa shape index (κ3) is 1.87. The van der Waals surface area contributed by atoms with Gasteiger partial charge in [-0.2, -0.15) is 0 Å². The topological polar surface area (TPSA) is 36.4 Å². The van der Waals surface area contributed by atoms with E-state index in [1.54, 1.807) is 5.56 Å². The third-order valence-corrected chi connectivity index (χ3v) is 4.91. The van der Waals surface area contributed by atoms with Gasteiger partial charge in [0.05, 0.1) is 11.4 Å². The summed E-state index contributed by atoms with van der Waals surface area (Å²) in [4.78, 5) is 4.86. The Labute approximate surface area is 120 Å². The molecule has 3 nitrogen and oxygen atoms in total. The van der Waals surface area contributed by atoms with Crippen LogP contribution in [-0.2, 0) is 0 Å². The first-order valence-corrected chi connectivity index (χ1v) is 7.73. The van der Waals surface area contributed by atoms with Gasteiger partial charge < -0.3 is 10.6 Å². The molecular weight excluding hydrogens is 246 g/mol. The van der Waals surface area contributed by atoms with Crippen LogP contribution < -0.4 is 10.6 Å². The lowest BCUT2D eigenvalue weighted by Gasteiger charge is -2.26. The zero-order chi connectivity index (χ0) is 13.9. The molecule has 2 bridgehead atoms. The molecule has 1 saturated heterocycles. The second-order valence-corrected chi connectivity index (χ2v) is 7.32. The van der Waals surface area contributed by atoms with Gasteiger partial charge >= 0.3 is 0 Å². The van der Waals surface area contributed by atoms with E-state index in [0.717, 1.165) is 25.2 Å². The molecule has 2 heterocycles. The van der Waals surface area contributed by atoms with Crippen molar-refractivity contribution in [3.63, 3.8) is 0 Å². The van der Waals surface area contributed by atoms with Crippen LogP contribution in [0.2, 0.25) is 0 Å². The predicted octanol–water partition coefficient (Wildman–Crippen LogP) is 3.55. The molecule has 1 aliphatic carbocycles. The van der Waals surface area contributed by atoms with Crippen LogP contribution in [0, 0.1) is 0 Å². The largest absolute Gasteiger partial charge is 0.378 e. The molecular formula is C17H23N3. The van der Waals surface area contributed by atoms with Crippen molar-refractivity contribution in [3.8, 4) is 0 Å². The molecule has 1 aromatic rings. The van der Waals surface area contributed by atoms with E-state index in [-0.39, 0.29) is 5.54 Å². The number of nitrogens with one attached hydrogen (secondary N) is 2. The molecule has 2 unspecified atom stereocenters. The van der Waals surface area contributed by atoms with Crippen molar-refractivity contribution in [1.82, 2.24) is 5.32 Å². The summed E-state index contributed by atoms with van der Waals surface area (Å²) < 4.78 is 0.